The second-order valence-corrected chi connectivity index (χ2v) is 7.76. The average Bonchev–Trinajstić information content (AvgIpc) is 3.16. The lowest BCUT2D eigenvalue weighted by atomic mass is 10.0. The second kappa shape index (κ2) is 7.79. The number of Topliss-reactive ketones (excluding diaryl/α,β-unsaturated/α-hetero) is 1. The second-order valence-electron chi connectivity index (χ2n) is 6.73. The molecule has 0 aliphatic heterocycles. The topological polar surface area (TPSA) is 33.2 Å². The number of hydrogen-bond acceptors (Lipinski definition) is 4. The maximum Gasteiger partial charge on any atom is 0.196 e. The summed E-state index contributed by atoms with van der Waals surface area (Å²) in [6.07, 6.45) is 1.94. The van der Waals surface area contributed by atoms with E-state index >= 15 is 0 Å². The lowest BCUT2D eigenvalue weighted by Crippen LogP contribution is -2.08. The fourth-order valence-corrected chi connectivity index (χ4v) is 3.97. The molecule has 0 amide bonds. The maximum absolute atomic E-state index is 13.3. The number of hydrogen-bond donors (Lipinski definition) is 0. The van der Waals surface area contributed by atoms with Crippen LogP contribution < -0.4 is 4.90 Å². The molecule has 28 heavy (non-hydrogen) atoms. The third kappa shape index (κ3) is 3.73. The molecule has 4 heteroatoms. The zero-order valence-corrected chi connectivity index (χ0v) is 16.6. The predicted molar refractivity (Wildman–Crippen MR) is 119 cm³/mol. The molecule has 0 fully saturated rings. The predicted octanol–water partition coefficient (Wildman–Crippen LogP) is 5.79. The summed E-state index contributed by atoms with van der Waals surface area (Å²) in [6.45, 7) is 0. The molecule has 0 bridgehead atoms. The minimum absolute atomic E-state index is 0.0173. The summed E-state index contributed by atoms with van der Waals surface area (Å²) in [5.74, 6) is -0.0173. The van der Waals surface area contributed by atoms with Crippen LogP contribution in [0.2, 0.25) is 0 Å². The number of carbonyl (C=O) groups is 1. The van der Waals surface area contributed by atoms with Gasteiger partial charge in [0.05, 0.1) is 15.8 Å². The first-order chi connectivity index (χ1) is 13.6. The number of benzene rings is 3. The van der Waals surface area contributed by atoms with E-state index in [0.29, 0.717) is 11.1 Å². The number of ketones is 1. The first kappa shape index (κ1) is 18.1. The standard InChI is InChI=1S/C24H20N2OS/c1-26(2)19-14-12-17(13-15-19)16-20(23(27)18-8-4-3-5-9-18)24-25-21-10-6-7-11-22(21)28-24/h3-16H,1-2H3/b20-16-. The molecule has 3 aromatic carbocycles. The van der Waals surface area contributed by atoms with E-state index in [4.69, 9.17) is 4.98 Å². The van der Waals surface area contributed by atoms with Crippen LogP contribution in [-0.4, -0.2) is 24.9 Å². The Kier molecular flexibility index (Phi) is 5.04. The SMILES string of the molecule is CN(C)c1ccc(/C=C(/C(=O)c2ccccc2)c2nc3ccccc3s2)cc1. The number of anilines is 1. The van der Waals surface area contributed by atoms with E-state index in [9.17, 15) is 4.79 Å². The Bertz CT molecular complexity index is 1110. The van der Waals surface area contributed by atoms with Gasteiger partial charge in [-0.3, -0.25) is 4.79 Å². The van der Waals surface area contributed by atoms with Gasteiger partial charge in [0.2, 0.25) is 0 Å². The minimum atomic E-state index is -0.0173. The fraction of sp³-hybridized carbons (Fsp3) is 0.0833. The first-order valence-electron chi connectivity index (χ1n) is 9.06. The third-order valence-corrected chi connectivity index (χ3v) is 5.60. The lowest BCUT2D eigenvalue weighted by Gasteiger charge is -2.12. The van der Waals surface area contributed by atoms with Gasteiger partial charge >= 0.3 is 0 Å². The summed E-state index contributed by atoms with van der Waals surface area (Å²) < 4.78 is 1.08. The van der Waals surface area contributed by atoms with Gasteiger partial charge in [0.15, 0.2) is 5.78 Å². The van der Waals surface area contributed by atoms with Gasteiger partial charge in [0.1, 0.15) is 5.01 Å². The zero-order valence-electron chi connectivity index (χ0n) is 15.8. The van der Waals surface area contributed by atoms with Crippen LogP contribution in [-0.2, 0) is 0 Å². The van der Waals surface area contributed by atoms with E-state index in [1.807, 2.05) is 86.9 Å². The van der Waals surface area contributed by atoms with Crippen LogP contribution in [0.1, 0.15) is 20.9 Å². The van der Waals surface area contributed by atoms with Crippen LogP contribution in [0.3, 0.4) is 0 Å². The van der Waals surface area contributed by atoms with E-state index in [-0.39, 0.29) is 5.78 Å². The van der Waals surface area contributed by atoms with Crippen LogP contribution in [0.25, 0.3) is 21.9 Å². The molecule has 0 aliphatic rings. The van der Waals surface area contributed by atoms with Gasteiger partial charge in [-0.15, -0.1) is 11.3 Å². The average molecular weight is 385 g/mol. The largest absolute Gasteiger partial charge is 0.378 e. The Balaban J connectivity index is 1.82. The molecule has 0 saturated carbocycles. The Morgan fingerprint density at radius 2 is 1.57 bits per heavy atom. The molecule has 0 radical (unpaired) electrons. The molecular formula is C24H20N2OS. The van der Waals surface area contributed by atoms with E-state index in [1.165, 1.54) is 0 Å². The number of nitrogens with zero attached hydrogens (tertiary/aromatic N) is 2. The normalized spacial score (nSPS) is 11.6. The van der Waals surface area contributed by atoms with Crippen molar-refractivity contribution in [2.24, 2.45) is 0 Å². The van der Waals surface area contributed by atoms with Crippen LogP contribution >= 0.6 is 11.3 Å². The molecule has 0 saturated heterocycles. The van der Waals surface area contributed by atoms with Crippen molar-refractivity contribution in [1.29, 1.82) is 0 Å². The van der Waals surface area contributed by atoms with E-state index in [2.05, 4.69) is 17.0 Å². The van der Waals surface area contributed by atoms with Crippen LogP contribution in [0.15, 0.2) is 78.9 Å². The van der Waals surface area contributed by atoms with Gasteiger partial charge in [-0.05, 0) is 35.9 Å². The number of carbonyl (C=O) groups excluding carboxylic acids is 1. The van der Waals surface area contributed by atoms with Crippen LogP contribution in [0.4, 0.5) is 5.69 Å². The van der Waals surface area contributed by atoms with Crippen LogP contribution in [0, 0.1) is 0 Å². The quantitative estimate of drug-likeness (QED) is 0.323. The molecule has 1 aromatic heterocycles. The van der Waals surface area contributed by atoms with Gasteiger partial charge in [0, 0.05) is 25.3 Å². The van der Waals surface area contributed by atoms with Crippen molar-refractivity contribution in [3.05, 3.63) is 95.0 Å². The van der Waals surface area contributed by atoms with Gasteiger partial charge < -0.3 is 4.90 Å². The zero-order chi connectivity index (χ0) is 19.5. The van der Waals surface area contributed by atoms with Gasteiger partial charge in [-0.1, -0.05) is 54.6 Å². The van der Waals surface area contributed by atoms with E-state index < -0.39 is 0 Å². The first-order valence-corrected chi connectivity index (χ1v) is 9.88. The van der Waals surface area contributed by atoms with Crippen molar-refractivity contribution in [2.45, 2.75) is 0 Å². The Morgan fingerprint density at radius 3 is 2.25 bits per heavy atom. The number of rotatable bonds is 5. The fourth-order valence-electron chi connectivity index (χ4n) is 2.99. The van der Waals surface area contributed by atoms with Gasteiger partial charge in [-0.2, -0.15) is 0 Å². The van der Waals surface area contributed by atoms with Crippen molar-refractivity contribution in [1.82, 2.24) is 4.98 Å². The van der Waals surface area contributed by atoms with Gasteiger partial charge in [0.25, 0.3) is 0 Å². The Morgan fingerprint density at radius 1 is 0.893 bits per heavy atom. The Labute approximate surface area is 168 Å². The van der Waals surface area contributed by atoms with E-state index in [0.717, 1.165) is 26.5 Å². The summed E-state index contributed by atoms with van der Waals surface area (Å²) in [4.78, 5) is 20.1. The lowest BCUT2D eigenvalue weighted by molar-refractivity contribution is 0.105. The van der Waals surface area contributed by atoms with Crippen molar-refractivity contribution in [3.8, 4) is 0 Å². The Hall–Kier alpha value is -3.24. The molecular weight excluding hydrogens is 364 g/mol. The highest BCUT2D eigenvalue weighted by Gasteiger charge is 2.18. The molecule has 0 unspecified atom stereocenters. The van der Waals surface area contributed by atoms with Gasteiger partial charge in [-0.25, -0.2) is 4.98 Å². The number of aromatic nitrogens is 1. The number of allylic oxidation sites excluding steroid dienone is 1. The molecule has 0 spiro atoms. The van der Waals surface area contributed by atoms with Crippen molar-refractivity contribution in [3.63, 3.8) is 0 Å². The monoisotopic (exact) mass is 384 g/mol. The van der Waals surface area contributed by atoms with Crippen molar-refractivity contribution < 1.29 is 4.79 Å². The molecule has 1 heterocycles. The molecule has 4 rings (SSSR count). The third-order valence-electron chi connectivity index (χ3n) is 4.53. The molecule has 0 atom stereocenters. The summed E-state index contributed by atoms with van der Waals surface area (Å²) in [7, 11) is 4.02. The smallest absolute Gasteiger partial charge is 0.196 e. The maximum atomic E-state index is 13.3. The molecule has 3 nitrogen and oxygen atoms in total. The molecule has 4 aromatic rings. The molecule has 0 N–H and O–H groups in total. The number of thiazole rings is 1. The van der Waals surface area contributed by atoms with E-state index in [1.54, 1.807) is 11.3 Å². The molecule has 138 valence electrons. The summed E-state index contributed by atoms with van der Waals surface area (Å²) in [5, 5.41) is 0.742. The summed E-state index contributed by atoms with van der Waals surface area (Å²) in [6, 6.07) is 25.5. The highest BCUT2D eigenvalue weighted by Crippen LogP contribution is 2.31. The summed E-state index contributed by atoms with van der Waals surface area (Å²) in [5.41, 5.74) is 4.29. The highest BCUT2D eigenvalue weighted by molar-refractivity contribution is 7.20. The highest BCUT2D eigenvalue weighted by atomic mass is 32.1. The van der Waals surface area contributed by atoms with Crippen LogP contribution in [0.5, 0.6) is 0 Å². The number of para-hydroxylation sites is 1. The minimum Gasteiger partial charge on any atom is -0.378 e. The summed E-state index contributed by atoms with van der Waals surface area (Å²) >= 11 is 1.55. The number of fused-ring (bicyclic) bond motifs is 1. The molecule has 0 aliphatic carbocycles. The van der Waals surface area contributed by atoms with Crippen molar-refractivity contribution >= 4 is 44.7 Å². The van der Waals surface area contributed by atoms with Crippen molar-refractivity contribution in [2.75, 3.05) is 19.0 Å².